The van der Waals surface area contributed by atoms with E-state index in [1.54, 1.807) is 0 Å². The van der Waals surface area contributed by atoms with Gasteiger partial charge >= 0.3 is 0 Å². The second kappa shape index (κ2) is 7.57. The summed E-state index contributed by atoms with van der Waals surface area (Å²) in [5, 5.41) is 2.55. The molecule has 0 atom stereocenters. The van der Waals surface area contributed by atoms with Crippen molar-refractivity contribution in [2.24, 2.45) is 0 Å². The molecule has 1 heteroatoms. The van der Waals surface area contributed by atoms with Crippen molar-refractivity contribution in [2.45, 2.75) is 19.3 Å². The van der Waals surface area contributed by atoms with Crippen LogP contribution < -0.4 is 0 Å². The largest absolute Gasteiger partial charge is 0.309 e. The topological polar surface area (TPSA) is 4.93 Å². The second-order valence-corrected chi connectivity index (χ2v) is 10.3. The Morgan fingerprint density at radius 2 is 1.36 bits per heavy atom. The Kier molecular flexibility index (Phi) is 4.41. The Bertz CT molecular complexity index is 1830. The molecule has 1 aromatic heterocycles. The van der Waals surface area contributed by atoms with Crippen molar-refractivity contribution in [1.82, 2.24) is 4.57 Å². The zero-order valence-corrected chi connectivity index (χ0v) is 20.6. The van der Waals surface area contributed by atoms with Gasteiger partial charge in [-0.25, -0.2) is 0 Å². The van der Waals surface area contributed by atoms with E-state index in [1.165, 1.54) is 60.9 Å². The summed E-state index contributed by atoms with van der Waals surface area (Å²) in [6.07, 6.45) is 1.90. The summed E-state index contributed by atoms with van der Waals surface area (Å²) < 4.78 is 2.42. The molecule has 0 spiro atoms. The van der Waals surface area contributed by atoms with Crippen molar-refractivity contribution in [3.8, 4) is 27.9 Å². The average molecular weight is 462 g/mol. The number of fused-ring (bicyclic) bond motifs is 6. The van der Waals surface area contributed by atoms with Crippen molar-refractivity contribution in [3.05, 3.63) is 132 Å². The van der Waals surface area contributed by atoms with Crippen molar-refractivity contribution in [1.29, 1.82) is 0 Å². The van der Waals surface area contributed by atoms with Gasteiger partial charge in [0.05, 0.1) is 11.0 Å². The van der Waals surface area contributed by atoms with Gasteiger partial charge in [0.15, 0.2) is 0 Å². The minimum Gasteiger partial charge on any atom is -0.309 e. The molecule has 0 bridgehead atoms. The van der Waals surface area contributed by atoms with Gasteiger partial charge in [-0.1, -0.05) is 99.3 Å². The SMILES string of the molecule is C=Cc1cccc(-c2ccc3c(c2)c2ccccc2n3-c2ccc3c(c2)-c2ccccc2C3(C)C)c1. The van der Waals surface area contributed by atoms with Gasteiger partial charge in [-0.2, -0.15) is 0 Å². The van der Waals surface area contributed by atoms with E-state index in [0.717, 1.165) is 5.56 Å². The smallest absolute Gasteiger partial charge is 0.0541 e. The molecular weight excluding hydrogens is 434 g/mol. The third-order valence-corrected chi connectivity index (χ3v) is 7.95. The Balaban J connectivity index is 1.47. The molecule has 172 valence electrons. The quantitative estimate of drug-likeness (QED) is 0.247. The van der Waals surface area contributed by atoms with Gasteiger partial charge in [0, 0.05) is 21.9 Å². The van der Waals surface area contributed by atoms with E-state index in [1.807, 2.05) is 6.08 Å². The first-order valence-corrected chi connectivity index (χ1v) is 12.6. The molecule has 0 saturated heterocycles. The molecule has 7 rings (SSSR count). The lowest BCUT2D eigenvalue weighted by Gasteiger charge is -2.21. The van der Waals surface area contributed by atoms with E-state index in [-0.39, 0.29) is 5.41 Å². The maximum atomic E-state index is 3.94. The maximum absolute atomic E-state index is 3.94. The van der Waals surface area contributed by atoms with Crippen molar-refractivity contribution in [2.75, 3.05) is 0 Å². The van der Waals surface area contributed by atoms with Crippen LogP contribution in [0.15, 0.2) is 116 Å². The fourth-order valence-corrected chi connectivity index (χ4v) is 6.12. The van der Waals surface area contributed by atoms with Crippen molar-refractivity contribution < 1.29 is 0 Å². The molecule has 1 aliphatic rings. The second-order valence-electron chi connectivity index (χ2n) is 10.3. The minimum atomic E-state index is 0.0140. The molecule has 36 heavy (non-hydrogen) atoms. The molecule has 0 saturated carbocycles. The van der Waals surface area contributed by atoms with E-state index < -0.39 is 0 Å². The van der Waals surface area contributed by atoms with Crippen LogP contribution in [-0.2, 0) is 5.41 Å². The summed E-state index contributed by atoms with van der Waals surface area (Å²) in [4.78, 5) is 0. The van der Waals surface area contributed by atoms with Crippen LogP contribution >= 0.6 is 0 Å². The predicted octanol–water partition coefficient (Wildman–Crippen LogP) is 9.40. The molecule has 0 radical (unpaired) electrons. The number of aromatic nitrogens is 1. The molecular formula is C35H27N. The van der Waals surface area contributed by atoms with E-state index in [9.17, 15) is 0 Å². The monoisotopic (exact) mass is 461 g/mol. The van der Waals surface area contributed by atoms with Gasteiger partial charge < -0.3 is 4.57 Å². The Morgan fingerprint density at radius 1 is 0.611 bits per heavy atom. The fourth-order valence-electron chi connectivity index (χ4n) is 6.12. The van der Waals surface area contributed by atoms with Crippen LogP contribution in [0.25, 0.3) is 55.8 Å². The van der Waals surface area contributed by atoms with Crippen LogP contribution in [0, 0.1) is 0 Å². The Hall–Kier alpha value is -4.36. The van der Waals surface area contributed by atoms with Gasteiger partial charge in [-0.05, 0) is 75.3 Å². The molecule has 0 N–H and O–H groups in total. The third-order valence-electron chi connectivity index (χ3n) is 7.95. The van der Waals surface area contributed by atoms with Crippen LogP contribution in [0.1, 0.15) is 30.5 Å². The van der Waals surface area contributed by atoms with Crippen LogP contribution in [0.5, 0.6) is 0 Å². The summed E-state index contributed by atoms with van der Waals surface area (Å²) in [7, 11) is 0. The summed E-state index contributed by atoms with van der Waals surface area (Å²) in [6.45, 7) is 8.61. The standard InChI is InChI=1S/C35H27N/c1-4-23-10-9-11-24(20-23)25-16-19-34-30(21-25)28-13-6-8-15-33(28)36(34)26-17-18-32-29(22-26)27-12-5-7-14-31(27)35(32,2)3/h4-22H,1H2,2-3H3. The fraction of sp³-hybridized carbons (Fsp3) is 0.0857. The molecule has 0 aliphatic heterocycles. The van der Waals surface area contributed by atoms with Crippen LogP contribution in [0.4, 0.5) is 0 Å². The summed E-state index contributed by atoms with van der Waals surface area (Å²) in [6, 6.07) is 40.0. The van der Waals surface area contributed by atoms with E-state index >= 15 is 0 Å². The molecule has 0 amide bonds. The highest BCUT2D eigenvalue weighted by molar-refractivity contribution is 6.10. The van der Waals surface area contributed by atoms with Crippen LogP contribution in [0.3, 0.4) is 0 Å². The Morgan fingerprint density at radius 3 is 2.25 bits per heavy atom. The Labute approximate surface area is 212 Å². The zero-order valence-electron chi connectivity index (χ0n) is 20.6. The minimum absolute atomic E-state index is 0.0140. The lowest BCUT2D eigenvalue weighted by Crippen LogP contribution is -2.14. The molecule has 0 fully saturated rings. The summed E-state index contributed by atoms with van der Waals surface area (Å²) in [5.74, 6) is 0. The number of hydrogen-bond donors (Lipinski definition) is 0. The average Bonchev–Trinajstić information content (AvgIpc) is 3.37. The van der Waals surface area contributed by atoms with Crippen molar-refractivity contribution in [3.63, 3.8) is 0 Å². The van der Waals surface area contributed by atoms with Crippen molar-refractivity contribution >= 4 is 27.9 Å². The van der Waals surface area contributed by atoms with Gasteiger partial charge in [0.25, 0.3) is 0 Å². The maximum Gasteiger partial charge on any atom is 0.0541 e. The molecule has 6 aromatic rings. The lowest BCUT2D eigenvalue weighted by molar-refractivity contribution is 0.660. The molecule has 0 unspecified atom stereocenters. The van der Waals surface area contributed by atoms with Gasteiger partial charge in [0.2, 0.25) is 0 Å². The zero-order chi connectivity index (χ0) is 24.4. The first kappa shape index (κ1) is 21.0. The normalized spacial score (nSPS) is 13.6. The first-order valence-electron chi connectivity index (χ1n) is 12.6. The van der Waals surface area contributed by atoms with E-state index in [2.05, 4.69) is 134 Å². The summed E-state index contributed by atoms with van der Waals surface area (Å²) in [5.41, 5.74) is 12.7. The first-order chi connectivity index (χ1) is 17.6. The number of hydrogen-bond acceptors (Lipinski definition) is 0. The van der Waals surface area contributed by atoms with E-state index in [4.69, 9.17) is 0 Å². The summed E-state index contributed by atoms with van der Waals surface area (Å²) >= 11 is 0. The molecule has 1 aliphatic carbocycles. The van der Waals surface area contributed by atoms with E-state index in [0.29, 0.717) is 0 Å². The highest BCUT2D eigenvalue weighted by Gasteiger charge is 2.35. The predicted molar refractivity (Wildman–Crippen MR) is 154 cm³/mol. The van der Waals surface area contributed by atoms with Gasteiger partial charge in [-0.15, -0.1) is 0 Å². The van der Waals surface area contributed by atoms with Crippen LogP contribution in [-0.4, -0.2) is 4.57 Å². The highest BCUT2D eigenvalue weighted by Crippen LogP contribution is 2.49. The van der Waals surface area contributed by atoms with Gasteiger partial charge in [0.1, 0.15) is 0 Å². The number of nitrogens with zero attached hydrogens (tertiary/aromatic N) is 1. The van der Waals surface area contributed by atoms with Gasteiger partial charge in [-0.3, -0.25) is 0 Å². The molecule has 1 nitrogen and oxygen atoms in total. The number of para-hydroxylation sites is 1. The highest BCUT2D eigenvalue weighted by atomic mass is 15.0. The lowest BCUT2D eigenvalue weighted by atomic mass is 9.82. The van der Waals surface area contributed by atoms with Crippen LogP contribution in [0.2, 0.25) is 0 Å². The third kappa shape index (κ3) is 2.90. The molecule has 5 aromatic carbocycles. The number of rotatable bonds is 3. The molecule has 1 heterocycles. The number of benzene rings is 5.